The fraction of sp³-hybridized carbons (Fsp3) is 0.192. The van der Waals surface area contributed by atoms with Crippen LogP contribution in [0, 0.1) is 5.82 Å². The van der Waals surface area contributed by atoms with E-state index in [0.29, 0.717) is 47.0 Å². The molecule has 9 heteroatoms. The van der Waals surface area contributed by atoms with Crippen LogP contribution in [0.15, 0.2) is 73.2 Å². The Hall–Kier alpha value is -4.40. The van der Waals surface area contributed by atoms with Crippen molar-refractivity contribution >= 4 is 23.5 Å². The Bertz CT molecular complexity index is 1350. The van der Waals surface area contributed by atoms with Crippen LogP contribution in [0.4, 0.5) is 22.0 Å². The normalized spacial score (nSPS) is 15.6. The minimum Gasteiger partial charge on any atom is -0.368 e. The lowest BCUT2D eigenvalue weighted by Crippen LogP contribution is -2.39. The zero-order valence-electron chi connectivity index (χ0n) is 18.9. The van der Waals surface area contributed by atoms with Gasteiger partial charge in [-0.15, -0.1) is 0 Å². The zero-order valence-corrected chi connectivity index (χ0v) is 18.9. The van der Waals surface area contributed by atoms with E-state index < -0.39 is 0 Å². The molecule has 1 aliphatic heterocycles. The van der Waals surface area contributed by atoms with Crippen LogP contribution in [-0.4, -0.2) is 37.3 Å². The van der Waals surface area contributed by atoms with Gasteiger partial charge in [0.1, 0.15) is 5.82 Å². The van der Waals surface area contributed by atoms with Crippen molar-refractivity contribution in [3.63, 3.8) is 0 Å². The summed E-state index contributed by atoms with van der Waals surface area (Å²) in [6.07, 6.45) is 7.30. The van der Waals surface area contributed by atoms with E-state index in [1.54, 1.807) is 53.7 Å². The predicted octanol–water partition coefficient (Wildman–Crippen LogP) is 4.77. The number of nitrogens with zero attached hydrogens (tertiary/aromatic N) is 5. The van der Waals surface area contributed by atoms with Gasteiger partial charge in [-0.3, -0.25) is 4.79 Å². The minimum absolute atomic E-state index is 0.0899. The molecular formula is C26H24FN7O. The van der Waals surface area contributed by atoms with Crippen LogP contribution in [0.5, 0.6) is 0 Å². The summed E-state index contributed by atoms with van der Waals surface area (Å²) >= 11 is 0. The number of piperidine rings is 1. The highest BCUT2D eigenvalue weighted by Crippen LogP contribution is 2.37. The number of rotatable bonds is 5. The van der Waals surface area contributed by atoms with Gasteiger partial charge in [-0.2, -0.15) is 0 Å². The number of carbonyl (C=O) groups is 1. The first-order valence-corrected chi connectivity index (χ1v) is 11.4. The molecule has 0 bridgehead atoms. The highest BCUT2D eigenvalue weighted by molar-refractivity contribution is 5.95. The van der Waals surface area contributed by atoms with E-state index in [4.69, 9.17) is 5.73 Å². The predicted molar refractivity (Wildman–Crippen MR) is 131 cm³/mol. The molecule has 0 spiro atoms. The molecule has 3 N–H and O–H groups in total. The Labute approximate surface area is 202 Å². The van der Waals surface area contributed by atoms with Gasteiger partial charge in [0, 0.05) is 47.5 Å². The maximum Gasteiger partial charge on any atom is 0.254 e. The summed E-state index contributed by atoms with van der Waals surface area (Å²) in [5.74, 6) is 0.0211. The fourth-order valence-electron chi connectivity index (χ4n) is 4.40. The number of amides is 1. The largest absolute Gasteiger partial charge is 0.368 e. The first-order valence-electron chi connectivity index (χ1n) is 11.4. The first-order chi connectivity index (χ1) is 17.1. The maximum atomic E-state index is 14.7. The van der Waals surface area contributed by atoms with Crippen molar-refractivity contribution in [2.75, 3.05) is 17.6 Å². The van der Waals surface area contributed by atoms with Gasteiger partial charge in [0.05, 0.1) is 11.7 Å². The van der Waals surface area contributed by atoms with E-state index in [1.165, 1.54) is 12.3 Å². The van der Waals surface area contributed by atoms with Crippen molar-refractivity contribution in [2.45, 2.75) is 25.3 Å². The van der Waals surface area contributed by atoms with E-state index in [-0.39, 0.29) is 23.7 Å². The van der Waals surface area contributed by atoms with Gasteiger partial charge in [-0.25, -0.2) is 24.3 Å². The van der Waals surface area contributed by atoms with Gasteiger partial charge in [0.15, 0.2) is 0 Å². The first kappa shape index (κ1) is 22.4. The monoisotopic (exact) mass is 469 g/mol. The van der Waals surface area contributed by atoms with Crippen LogP contribution in [-0.2, 0) is 0 Å². The van der Waals surface area contributed by atoms with E-state index in [1.807, 2.05) is 12.1 Å². The van der Waals surface area contributed by atoms with Gasteiger partial charge in [-0.05, 0) is 49.6 Å². The van der Waals surface area contributed by atoms with Crippen LogP contribution in [0.1, 0.15) is 41.4 Å². The van der Waals surface area contributed by atoms with Gasteiger partial charge >= 0.3 is 0 Å². The number of nitrogen functional groups attached to an aromatic ring is 1. The molecule has 2 aromatic carbocycles. The van der Waals surface area contributed by atoms with E-state index in [0.717, 1.165) is 12.8 Å². The lowest BCUT2D eigenvalue weighted by molar-refractivity contribution is 0.0607. The molecule has 35 heavy (non-hydrogen) atoms. The van der Waals surface area contributed by atoms with Crippen LogP contribution < -0.4 is 11.1 Å². The number of carbonyl (C=O) groups excluding carboxylic acids is 1. The van der Waals surface area contributed by atoms with E-state index >= 15 is 0 Å². The molecule has 2 aromatic heterocycles. The number of halogens is 1. The third kappa shape index (κ3) is 4.79. The second kappa shape index (κ2) is 9.84. The summed E-state index contributed by atoms with van der Waals surface area (Å²) < 4.78 is 14.7. The maximum absolute atomic E-state index is 14.7. The smallest absolute Gasteiger partial charge is 0.254 e. The molecule has 1 amide bonds. The van der Waals surface area contributed by atoms with Crippen molar-refractivity contribution in [3.05, 3.63) is 90.3 Å². The van der Waals surface area contributed by atoms with Gasteiger partial charge < -0.3 is 16.0 Å². The zero-order chi connectivity index (χ0) is 24.2. The number of hydrogen-bond acceptors (Lipinski definition) is 7. The highest BCUT2D eigenvalue weighted by Gasteiger charge is 2.32. The number of nitrogens with one attached hydrogen (secondary N) is 1. The third-order valence-corrected chi connectivity index (χ3v) is 6.01. The molecule has 1 unspecified atom stereocenters. The number of nitrogens with two attached hydrogens (primary N) is 1. The topological polar surface area (TPSA) is 110 Å². The fourth-order valence-corrected chi connectivity index (χ4v) is 4.40. The van der Waals surface area contributed by atoms with Crippen LogP contribution in [0.25, 0.3) is 11.1 Å². The second-order valence-corrected chi connectivity index (χ2v) is 8.30. The lowest BCUT2D eigenvalue weighted by Gasteiger charge is -2.36. The lowest BCUT2D eigenvalue weighted by atomic mass is 9.93. The van der Waals surface area contributed by atoms with Crippen LogP contribution in [0.3, 0.4) is 0 Å². The molecule has 0 aliphatic carbocycles. The van der Waals surface area contributed by atoms with Crippen LogP contribution >= 0.6 is 0 Å². The minimum atomic E-state index is -0.377. The summed E-state index contributed by atoms with van der Waals surface area (Å²) in [6, 6.07) is 15.1. The van der Waals surface area contributed by atoms with Gasteiger partial charge in [0.25, 0.3) is 5.91 Å². The molecule has 0 radical (unpaired) electrons. The molecule has 5 rings (SSSR count). The Morgan fingerprint density at radius 1 is 1.00 bits per heavy atom. The molecule has 4 aromatic rings. The second-order valence-electron chi connectivity index (χ2n) is 8.30. The standard InChI is InChI=1S/C26H24FN7O/c27-21-10-2-1-9-19(21)20-16-31-25(28)33-23(20)22-11-3-4-14-34(22)24(35)17-7-5-8-18(15-17)32-26-29-12-6-13-30-26/h1-2,5-10,12-13,15-16,22H,3-4,11,14H2,(H2,28,31,33)(H,29,30,32). The molecule has 1 aliphatic rings. The van der Waals surface area contributed by atoms with Crippen molar-refractivity contribution in [2.24, 2.45) is 0 Å². The van der Waals surface area contributed by atoms with Gasteiger partial charge in [0.2, 0.25) is 11.9 Å². The summed E-state index contributed by atoms with van der Waals surface area (Å²) in [5.41, 5.74) is 8.64. The number of likely N-dealkylation sites (tertiary alicyclic amines) is 1. The van der Waals surface area contributed by atoms with E-state index in [9.17, 15) is 9.18 Å². The average Bonchev–Trinajstić information content (AvgIpc) is 2.89. The highest BCUT2D eigenvalue weighted by atomic mass is 19.1. The SMILES string of the molecule is Nc1ncc(-c2ccccc2F)c(C2CCCCN2C(=O)c2cccc(Nc3ncccn3)c2)n1. The average molecular weight is 470 g/mol. The summed E-state index contributed by atoms with van der Waals surface area (Å²) in [4.78, 5) is 32.4. The molecule has 176 valence electrons. The molecule has 1 fully saturated rings. The molecule has 1 saturated heterocycles. The summed E-state index contributed by atoms with van der Waals surface area (Å²) in [5, 5.41) is 3.12. The number of benzene rings is 2. The molecule has 3 heterocycles. The quantitative estimate of drug-likeness (QED) is 0.433. The van der Waals surface area contributed by atoms with Gasteiger partial charge in [-0.1, -0.05) is 24.3 Å². The van der Waals surface area contributed by atoms with Crippen molar-refractivity contribution < 1.29 is 9.18 Å². The Morgan fingerprint density at radius 2 is 1.83 bits per heavy atom. The number of hydrogen-bond donors (Lipinski definition) is 2. The van der Waals surface area contributed by atoms with Crippen molar-refractivity contribution in [3.8, 4) is 11.1 Å². The number of aromatic nitrogens is 4. The Kier molecular flexibility index (Phi) is 6.30. The molecular weight excluding hydrogens is 445 g/mol. The Balaban J connectivity index is 1.49. The summed E-state index contributed by atoms with van der Waals surface area (Å²) in [7, 11) is 0. The molecule has 1 atom stereocenters. The Morgan fingerprint density at radius 3 is 2.66 bits per heavy atom. The van der Waals surface area contributed by atoms with E-state index in [2.05, 4.69) is 25.3 Å². The number of anilines is 3. The molecule has 0 saturated carbocycles. The van der Waals surface area contributed by atoms with Crippen LogP contribution in [0.2, 0.25) is 0 Å². The molecule has 8 nitrogen and oxygen atoms in total. The summed E-state index contributed by atoms with van der Waals surface area (Å²) in [6.45, 7) is 0.559. The third-order valence-electron chi connectivity index (χ3n) is 6.01. The van der Waals surface area contributed by atoms with Crippen molar-refractivity contribution in [1.29, 1.82) is 0 Å². The van der Waals surface area contributed by atoms with Crippen molar-refractivity contribution in [1.82, 2.24) is 24.8 Å².